The van der Waals surface area contributed by atoms with E-state index in [1.807, 2.05) is 0 Å². The van der Waals surface area contributed by atoms with Crippen LogP contribution in [-0.4, -0.2) is 18.5 Å². The summed E-state index contributed by atoms with van der Waals surface area (Å²) in [7, 11) is 0. The monoisotopic (exact) mass is 316 g/mol. The summed E-state index contributed by atoms with van der Waals surface area (Å²) in [6.07, 6.45) is 5.05. The summed E-state index contributed by atoms with van der Waals surface area (Å²) in [4.78, 5) is 13.5. The molecule has 1 saturated carbocycles. The highest BCUT2D eigenvalue weighted by atomic mass is 35.5. The maximum Gasteiger partial charge on any atom is 0.223 e. The fourth-order valence-electron chi connectivity index (χ4n) is 2.73. The summed E-state index contributed by atoms with van der Waals surface area (Å²) in [6.45, 7) is 2.95. The molecular formula is C15H25ClN2OS. The third kappa shape index (κ3) is 5.43. The Balaban J connectivity index is 0.00000200. The van der Waals surface area contributed by atoms with Crippen LogP contribution in [0.25, 0.3) is 0 Å². The topological polar surface area (TPSA) is 55.1 Å². The van der Waals surface area contributed by atoms with Crippen LogP contribution in [0.5, 0.6) is 0 Å². The second kappa shape index (κ2) is 8.65. The van der Waals surface area contributed by atoms with Gasteiger partial charge in [-0.25, -0.2) is 0 Å². The van der Waals surface area contributed by atoms with Gasteiger partial charge in [0, 0.05) is 23.4 Å². The summed E-state index contributed by atoms with van der Waals surface area (Å²) in [5, 5.41) is 5.20. The van der Waals surface area contributed by atoms with Crippen molar-refractivity contribution in [2.45, 2.75) is 45.1 Å². The summed E-state index contributed by atoms with van der Waals surface area (Å²) >= 11 is 1.78. The van der Waals surface area contributed by atoms with Crippen molar-refractivity contribution in [3.05, 3.63) is 22.4 Å². The van der Waals surface area contributed by atoms with Crippen LogP contribution in [0, 0.1) is 11.8 Å². The van der Waals surface area contributed by atoms with Crippen molar-refractivity contribution >= 4 is 29.7 Å². The van der Waals surface area contributed by atoms with Gasteiger partial charge >= 0.3 is 0 Å². The average molecular weight is 317 g/mol. The lowest BCUT2D eigenvalue weighted by Crippen LogP contribution is -2.39. The van der Waals surface area contributed by atoms with E-state index in [2.05, 4.69) is 29.8 Å². The Morgan fingerprint density at radius 1 is 1.55 bits per heavy atom. The van der Waals surface area contributed by atoms with Crippen molar-refractivity contribution in [1.29, 1.82) is 0 Å². The van der Waals surface area contributed by atoms with Crippen LogP contribution in [0.3, 0.4) is 0 Å². The minimum atomic E-state index is 0. The molecule has 1 aliphatic rings. The first kappa shape index (κ1) is 17.5. The van der Waals surface area contributed by atoms with Crippen LogP contribution < -0.4 is 11.1 Å². The Hall–Kier alpha value is -0.580. The van der Waals surface area contributed by atoms with E-state index in [4.69, 9.17) is 5.73 Å². The van der Waals surface area contributed by atoms with Gasteiger partial charge in [-0.3, -0.25) is 4.79 Å². The van der Waals surface area contributed by atoms with Crippen LogP contribution >= 0.6 is 23.7 Å². The van der Waals surface area contributed by atoms with Gasteiger partial charge in [0.15, 0.2) is 0 Å². The molecule has 1 aromatic rings. The minimum absolute atomic E-state index is 0. The normalized spacial score (nSPS) is 23.7. The second-order valence-electron chi connectivity index (χ2n) is 5.76. The van der Waals surface area contributed by atoms with E-state index in [9.17, 15) is 4.79 Å². The third-order valence-electron chi connectivity index (χ3n) is 3.84. The van der Waals surface area contributed by atoms with Crippen LogP contribution in [0.1, 0.15) is 37.5 Å². The lowest BCUT2D eigenvalue weighted by atomic mass is 9.85. The van der Waals surface area contributed by atoms with E-state index in [-0.39, 0.29) is 30.3 Å². The molecule has 1 amide bonds. The SMILES string of the molecule is CC(CNC(=O)C1CCCC(N)C1)Cc1cccs1.Cl. The number of nitrogens with one attached hydrogen (secondary N) is 1. The smallest absolute Gasteiger partial charge is 0.223 e. The molecule has 0 radical (unpaired) electrons. The molecule has 3 unspecified atom stereocenters. The lowest BCUT2D eigenvalue weighted by Gasteiger charge is -2.26. The molecule has 0 aromatic carbocycles. The molecule has 1 heterocycles. The number of thiophene rings is 1. The first-order valence-corrected chi connectivity index (χ1v) is 8.08. The average Bonchev–Trinajstić information content (AvgIpc) is 2.88. The Morgan fingerprint density at radius 2 is 2.35 bits per heavy atom. The number of halogens is 1. The van der Waals surface area contributed by atoms with Crippen molar-refractivity contribution in [2.24, 2.45) is 17.6 Å². The van der Waals surface area contributed by atoms with Gasteiger partial charge in [-0.2, -0.15) is 0 Å². The number of carbonyl (C=O) groups is 1. The van der Waals surface area contributed by atoms with E-state index in [0.717, 1.165) is 38.6 Å². The highest BCUT2D eigenvalue weighted by Gasteiger charge is 2.25. The molecule has 3 atom stereocenters. The highest BCUT2D eigenvalue weighted by Crippen LogP contribution is 2.23. The summed E-state index contributed by atoms with van der Waals surface area (Å²) in [6, 6.07) is 4.45. The quantitative estimate of drug-likeness (QED) is 0.877. The summed E-state index contributed by atoms with van der Waals surface area (Å²) in [5.41, 5.74) is 5.93. The molecule has 3 nitrogen and oxygen atoms in total. The van der Waals surface area contributed by atoms with Gasteiger partial charge in [-0.15, -0.1) is 23.7 Å². The van der Waals surface area contributed by atoms with E-state index >= 15 is 0 Å². The van der Waals surface area contributed by atoms with Crippen LogP contribution in [-0.2, 0) is 11.2 Å². The standard InChI is InChI=1S/C15H24N2OS.ClH/c1-11(8-14-6-3-7-19-14)10-17-15(18)12-4-2-5-13(16)9-12;/h3,6-7,11-13H,2,4-5,8-10,16H2,1H3,(H,17,18);1H. The number of hydrogen-bond donors (Lipinski definition) is 2. The first-order valence-electron chi connectivity index (χ1n) is 7.21. The number of amides is 1. The predicted molar refractivity (Wildman–Crippen MR) is 87.4 cm³/mol. The fourth-order valence-corrected chi connectivity index (χ4v) is 3.60. The molecule has 1 aliphatic carbocycles. The fraction of sp³-hybridized carbons (Fsp3) is 0.667. The zero-order valence-electron chi connectivity index (χ0n) is 12.0. The zero-order chi connectivity index (χ0) is 13.7. The molecule has 0 spiro atoms. The number of hydrogen-bond acceptors (Lipinski definition) is 3. The van der Waals surface area contributed by atoms with E-state index in [1.54, 1.807) is 11.3 Å². The maximum absolute atomic E-state index is 12.1. The molecule has 1 fully saturated rings. The van der Waals surface area contributed by atoms with Gasteiger partial charge in [0.1, 0.15) is 0 Å². The molecule has 114 valence electrons. The minimum Gasteiger partial charge on any atom is -0.356 e. The second-order valence-corrected chi connectivity index (χ2v) is 6.79. The number of carbonyl (C=O) groups excluding carboxylic acids is 1. The van der Waals surface area contributed by atoms with Gasteiger partial charge in [0.05, 0.1) is 0 Å². The van der Waals surface area contributed by atoms with Crippen LogP contribution in [0.15, 0.2) is 17.5 Å². The molecule has 3 N–H and O–H groups in total. The molecule has 0 aliphatic heterocycles. The van der Waals surface area contributed by atoms with Gasteiger partial charge in [0.2, 0.25) is 5.91 Å². The lowest BCUT2D eigenvalue weighted by molar-refractivity contribution is -0.126. The van der Waals surface area contributed by atoms with E-state index in [0.29, 0.717) is 5.92 Å². The van der Waals surface area contributed by atoms with E-state index < -0.39 is 0 Å². The van der Waals surface area contributed by atoms with Gasteiger partial charge in [-0.1, -0.05) is 19.4 Å². The van der Waals surface area contributed by atoms with Gasteiger partial charge in [0.25, 0.3) is 0 Å². The molecule has 0 saturated heterocycles. The van der Waals surface area contributed by atoms with Crippen LogP contribution in [0.2, 0.25) is 0 Å². The largest absolute Gasteiger partial charge is 0.356 e. The maximum atomic E-state index is 12.1. The van der Waals surface area contributed by atoms with Gasteiger partial charge < -0.3 is 11.1 Å². The zero-order valence-corrected chi connectivity index (χ0v) is 13.6. The van der Waals surface area contributed by atoms with Crippen molar-refractivity contribution in [3.63, 3.8) is 0 Å². The number of rotatable bonds is 5. The number of nitrogens with two attached hydrogens (primary N) is 1. The van der Waals surface area contributed by atoms with Crippen LogP contribution in [0.4, 0.5) is 0 Å². The Bertz CT molecular complexity index is 397. The Labute approximate surface area is 131 Å². The summed E-state index contributed by atoms with van der Waals surface area (Å²) in [5.74, 6) is 0.825. The molecule has 2 rings (SSSR count). The van der Waals surface area contributed by atoms with Crippen molar-refractivity contribution in [1.82, 2.24) is 5.32 Å². The first-order chi connectivity index (χ1) is 9.15. The van der Waals surface area contributed by atoms with Crippen molar-refractivity contribution < 1.29 is 4.79 Å². The predicted octanol–water partition coefficient (Wildman–Crippen LogP) is 2.98. The molecule has 20 heavy (non-hydrogen) atoms. The summed E-state index contributed by atoms with van der Waals surface area (Å²) < 4.78 is 0. The Morgan fingerprint density at radius 3 is 3.00 bits per heavy atom. The highest BCUT2D eigenvalue weighted by molar-refractivity contribution is 7.09. The van der Waals surface area contributed by atoms with E-state index in [1.165, 1.54) is 4.88 Å². The molecule has 0 bridgehead atoms. The van der Waals surface area contributed by atoms with Crippen molar-refractivity contribution in [3.8, 4) is 0 Å². The van der Waals surface area contributed by atoms with Gasteiger partial charge in [-0.05, 0) is 43.0 Å². The third-order valence-corrected chi connectivity index (χ3v) is 4.74. The molecular weight excluding hydrogens is 292 g/mol. The molecule has 1 aromatic heterocycles. The Kier molecular flexibility index (Phi) is 7.56. The van der Waals surface area contributed by atoms with Crippen molar-refractivity contribution in [2.75, 3.05) is 6.54 Å². The molecule has 5 heteroatoms.